The lowest BCUT2D eigenvalue weighted by Gasteiger charge is -2.30. The van der Waals surface area contributed by atoms with Crippen LogP contribution in [-0.2, 0) is 6.54 Å². The summed E-state index contributed by atoms with van der Waals surface area (Å²) in [5.41, 5.74) is 0.773. The van der Waals surface area contributed by atoms with E-state index in [1.807, 2.05) is 49.5 Å². The van der Waals surface area contributed by atoms with Crippen LogP contribution >= 0.6 is 0 Å². The summed E-state index contributed by atoms with van der Waals surface area (Å²) in [6, 6.07) is 13.5. The smallest absolute Gasteiger partial charge is 0.390 e. The zero-order valence-corrected chi connectivity index (χ0v) is 17.0. The largest absolute Gasteiger partial charge is 0.441 e. The lowest BCUT2D eigenvalue weighted by atomic mass is 10.2. The highest BCUT2D eigenvalue weighted by molar-refractivity contribution is 5.54. The first kappa shape index (κ1) is 20.2. The van der Waals surface area contributed by atoms with Crippen molar-refractivity contribution in [2.45, 2.75) is 31.5 Å². The van der Waals surface area contributed by atoms with Crippen molar-refractivity contribution in [2.24, 2.45) is 0 Å². The van der Waals surface area contributed by atoms with Crippen LogP contribution in [0.15, 0.2) is 58.0 Å². The SMILES string of the molecule is CN(CC(O)Cn1c(-c2ccccc2)noc1=O)CC1CCCN1c1cccnn1. The Labute approximate surface area is 174 Å². The van der Waals surface area contributed by atoms with Crippen molar-refractivity contribution in [1.29, 1.82) is 0 Å². The van der Waals surface area contributed by atoms with Crippen molar-refractivity contribution in [3.05, 3.63) is 59.2 Å². The first-order valence-electron chi connectivity index (χ1n) is 10.1. The van der Waals surface area contributed by atoms with E-state index in [2.05, 4.69) is 25.2 Å². The Bertz CT molecular complexity index is 991. The fourth-order valence-electron chi connectivity index (χ4n) is 4.06. The standard InChI is InChI=1S/C21H26N6O3/c1-25(13-17-9-6-12-26(17)19-10-5-11-22-23-19)14-18(28)15-27-20(24-30-21(27)29)16-7-3-2-4-8-16/h2-5,7-8,10-11,17-18,28H,6,9,12-15H2,1H3. The summed E-state index contributed by atoms with van der Waals surface area (Å²) in [7, 11) is 1.98. The number of aliphatic hydroxyl groups is 1. The molecule has 9 nitrogen and oxygen atoms in total. The molecule has 3 heterocycles. The predicted molar refractivity (Wildman–Crippen MR) is 112 cm³/mol. The molecule has 0 saturated carbocycles. The van der Waals surface area contributed by atoms with E-state index in [-0.39, 0.29) is 6.54 Å². The number of hydrogen-bond acceptors (Lipinski definition) is 8. The minimum Gasteiger partial charge on any atom is -0.390 e. The average molecular weight is 410 g/mol. The highest BCUT2D eigenvalue weighted by atomic mass is 16.5. The van der Waals surface area contributed by atoms with E-state index >= 15 is 0 Å². The molecule has 158 valence electrons. The predicted octanol–water partition coefficient (Wildman–Crippen LogP) is 1.25. The third-order valence-corrected chi connectivity index (χ3v) is 5.39. The highest BCUT2D eigenvalue weighted by Crippen LogP contribution is 2.23. The summed E-state index contributed by atoms with van der Waals surface area (Å²) in [6.45, 7) is 2.29. The second-order valence-electron chi connectivity index (χ2n) is 7.70. The summed E-state index contributed by atoms with van der Waals surface area (Å²) >= 11 is 0. The Morgan fingerprint density at radius 3 is 2.87 bits per heavy atom. The van der Waals surface area contributed by atoms with Gasteiger partial charge in [0.15, 0.2) is 11.6 Å². The summed E-state index contributed by atoms with van der Waals surface area (Å²) in [6.07, 6.45) is 3.11. The third-order valence-electron chi connectivity index (χ3n) is 5.39. The molecule has 1 aliphatic rings. The highest BCUT2D eigenvalue weighted by Gasteiger charge is 2.27. The maximum absolute atomic E-state index is 12.1. The van der Waals surface area contributed by atoms with Gasteiger partial charge in [-0.3, -0.25) is 9.09 Å². The van der Waals surface area contributed by atoms with Crippen molar-refractivity contribution >= 4 is 5.82 Å². The molecule has 0 spiro atoms. The molecule has 0 aliphatic carbocycles. The van der Waals surface area contributed by atoms with E-state index in [1.165, 1.54) is 4.57 Å². The zero-order valence-electron chi connectivity index (χ0n) is 17.0. The van der Waals surface area contributed by atoms with Crippen LogP contribution in [0.3, 0.4) is 0 Å². The fraction of sp³-hybridized carbons (Fsp3) is 0.429. The van der Waals surface area contributed by atoms with Crippen LogP contribution in [0.1, 0.15) is 12.8 Å². The van der Waals surface area contributed by atoms with Gasteiger partial charge in [-0.2, -0.15) is 5.10 Å². The van der Waals surface area contributed by atoms with Gasteiger partial charge < -0.3 is 14.9 Å². The van der Waals surface area contributed by atoms with Crippen molar-refractivity contribution in [3.8, 4) is 11.4 Å². The monoisotopic (exact) mass is 410 g/mol. The van der Waals surface area contributed by atoms with Gasteiger partial charge in [-0.15, -0.1) is 5.10 Å². The summed E-state index contributed by atoms with van der Waals surface area (Å²) < 4.78 is 6.22. The van der Waals surface area contributed by atoms with Crippen molar-refractivity contribution in [3.63, 3.8) is 0 Å². The minimum atomic E-state index is -0.735. The zero-order chi connectivity index (χ0) is 20.9. The van der Waals surface area contributed by atoms with Gasteiger partial charge in [-0.1, -0.05) is 35.5 Å². The average Bonchev–Trinajstić information content (AvgIpc) is 3.36. The molecule has 0 radical (unpaired) electrons. The molecular weight excluding hydrogens is 384 g/mol. The van der Waals surface area contributed by atoms with Gasteiger partial charge in [-0.25, -0.2) is 4.79 Å². The van der Waals surface area contributed by atoms with E-state index < -0.39 is 11.9 Å². The van der Waals surface area contributed by atoms with Crippen molar-refractivity contribution < 1.29 is 9.63 Å². The topological polar surface area (TPSA) is 101 Å². The van der Waals surface area contributed by atoms with Gasteiger partial charge in [0, 0.05) is 37.4 Å². The number of aliphatic hydroxyl groups excluding tert-OH is 1. The first-order valence-corrected chi connectivity index (χ1v) is 10.1. The molecule has 1 N–H and O–H groups in total. The molecule has 9 heteroatoms. The van der Waals surface area contributed by atoms with Gasteiger partial charge in [0.1, 0.15) is 0 Å². The van der Waals surface area contributed by atoms with Crippen LogP contribution in [0, 0.1) is 0 Å². The molecule has 3 aromatic rings. The third kappa shape index (κ3) is 4.58. The maximum Gasteiger partial charge on any atom is 0.441 e. The van der Waals surface area contributed by atoms with Crippen LogP contribution in [0.2, 0.25) is 0 Å². The molecule has 2 atom stereocenters. The van der Waals surface area contributed by atoms with E-state index in [0.717, 1.165) is 37.3 Å². The number of rotatable bonds is 8. The number of nitrogens with zero attached hydrogens (tertiary/aromatic N) is 6. The lowest BCUT2D eigenvalue weighted by Crippen LogP contribution is -2.42. The minimum absolute atomic E-state index is 0.120. The Morgan fingerprint density at radius 2 is 2.10 bits per heavy atom. The van der Waals surface area contributed by atoms with Gasteiger partial charge in [0.05, 0.1) is 12.6 Å². The second kappa shape index (κ2) is 9.19. The Kier molecular flexibility index (Phi) is 6.20. The van der Waals surface area contributed by atoms with Crippen LogP contribution in [0.4, 0.5) is 5.82 Å². The molecule has 1 fully saturated rings. The van der Waals surface area contributed by atoms with Crippen LogP contribution in [0.25, 0.3) is 11.4 Å². The maximum atomic E-state index is 12.1. The molecule has 1 aliphatic heterocycles. The molecule has 1 saturated heterocycles. The molecule has 2 aromatic heterocycles. The van der Waals surface area contributed by atoms with Crippen molar-refractivity contribution in [1.82, 2.24) is 24.8 Å². The van der Waals surface area contributed by atoms with Crippen molar-refractivity contribution in [2.75, 3.05) is 31.6 Å². The molecule has 0 bridgehead atoms. The normalized spacial score (nSPS) is 17.6. The number of hydrogen-bond donors (Lipinski definition) is 1. The molecule has 30 heavy (non-hydrogen) atoms. The van der Waals surface area contributed by atoms with Gasteiger partial charge in [0.25, 0.3) is 0 Å². The summed E-state index contributed by atoms with van der Waals surface area (Å²) in [5, 5.41) is 22.7. The van der Waals surface area contributed by atoms with Gasteiger partial charge >= 0.3 is 5.76 Å². The number of aromatic nitrogens is 4. The lowest BCUT2D eigenvalue weighted by molar-refractivity contribution is 0.106. The van der Waals surface area contributed by atoms with E-state index in [9.17, 15) is 9.90 Å². The molecular formula is C21H26N6O3. The molecule has 1 aromatic carbocycles. The number of anilines is 1. The Morgan fingerprint density at radius 1 is 1.27 bits per heavy atom. The molecule has 2 unspecified atom stereocenters. The van der Waals surface area contributed by atoms with Gasteiger partial charge in [-0.05, 0) is 32.0 Å². The van der Waals surface area contributed by atoms with E-state index in [0.29, 0.717) is 18.4 Å². The Balaban J connectivity index is 1.37. The molecule has 0 amide bonds. The second-order valence-corrected chi connectivity index (χ2v) is 7.70. The molecule has 4 rings (SSSR count). The quantitative estimate of drug-likeness (QED) is 0.592. The summed E-state index contributed by atoms with van der Waals surface area (Å²) in [4.78, 5) is 16.5. The van der Waals surface area contributed by atoms with Gasteiger partial charge in [0.2, 0.25) is 0 Å². The van der Waals surface area contributed by atoms with Crippen LogP contribution in [0.5, 0.6) is 0 Å². The van der Waals surface area contributed by atoms with E-state index in [4.69, 9.17) is 4.52 Å². The van der Waals surface area contributed by atoms with E-state index in [1.54, 1.807) is 6.20 Å². The fourth-order valence-corrected chi connectivity index (χ4v) is 4.06. The number of likely N-dealkylation sites (N-methyl/N-ethyl adjacent to an activating group) is 1. The Hall–Kier alpha value is -3.04. The summed E-state index contributed by atoms with van der Waals surface area (Å²) in [5.74, 6) is 0.740. The first-order chi connectivity index (χ1) is 14.6. The number of benzene rings is 1. The van der Waals surface area contributed by atoms with Crippen LogP contribution in [-0.4, -0.2) is 68.8 Å². The van der Waals surface area contributed by atoms with Crippen LogP contribution < -0.4 is 10.7 Å².